The van der Waals surface area contributed by atoms with Crippen LogP contribution in [0.5, 0.6) is 5.75 Å². The Labute approximate surface area is 187 Å². The van der Waals surface area contributed by atoms with E-state index in [0.29, 0.717) is 12.2 Å². The first-order valence-corrected chi connectivity index (χ1v) is 9.99. The molecule has 1 heterocycles. The minimum Gasteiger partial charge on any atom is -0.489 e. The van der Waals surface area contributed by atoms with Gasteiger partial charge in [-0.15, -0.1) is 0 Å². The van der Waals surface area contributed by atoms with Crippen molar-refractivity contribution in [3.05, 3.63) is 76.1 Å². The Balaban J connectivity index is 1.88. The molecule has 0 saturated carbocycles. The van der Waals surface area contributed by atoms with Crippen LogP contribution in [0.3, 0.4) is 0 Å². The number of benzene rings is 2. The zero-order chi connectivity index (χ0) is 23.3. The molecule has 3 rings (SSSR count). The number of hydrogen-bond donors (Lipinski definition) is 1. The third-order valence-electron chi connectivity index (χ3n) is 4.57. The summed E-state index contributed by atoms with van der Waals surface area (Å²) >= 11 is 6.40. The minimum absolute atomic E-state index is 0.0721. The number of hydrogen-bond acceptors (Lipinski definition) is 4. The van der Waals surface area contributed by atoms with Crippen molar-refractivity contribution >= 4 is 23.2 Å². The fourth-order valence-electron chi connectivity index (χ4n) is 3.02. The van der Waals surface area contributed by atoms with Crippen LogP contribution in [0.25, 0.3) is 0 Å². The number of methoxy groups -OCH3 is 1. The Kier molecular flexibility index (Phi) is 7.42. The van der Waals surface area contributed by atoms with Crippen molar-refractivity contribution in [3.8, 4) is 5.75 Å². The molecule has 0 fully saturated rings. The van der Waals surface area contributed by atoms with Gasteiger partial charge in [0, 0.05) is 7.11 Å². The van der Waals surface area contributed by atoms with Gasteiger partial charge < -0.3 is 14.8 Å². The zero-order valence-electron chi connectivity index (χ0n) is 17.4. The van der Waals surface area contributed by atoms with Gasteiger partial charge in [0.15, 0.2) is 0 Å². The molecule has 0 radical (unpaired) electrons. The molecule has 32 heavy (non-hydrogen) atoms. The topological polar surface area (TPSA) is 65.4 Å². The molecule has 1 N–H and O–H groups in total. The minimum atomic E-state index is -4.58. The quantitative estimate of drug-likeness (QED) is 0.463. The predicted molar refractivity (Wildman–Crippen MR) is 114 cm³/mol. The number of alkyl halides is 3. The molecule has 0 saturated heterocycles. The van der Waals surface area contributed by atoms with E-state index in [9.17, 15) is 18.0 Å². The summed E-state index contributed by atoms with van der Waals surface area (Å²) in [4.78, 5) is 13.0. The number of nitrogens with zero attached hydrogens (tertiary/aromatic N) is 2. The first kappa shape index (κ1) is 23.6. The predicted octanol–water partition coefficient (Wildman–Crippen LogP) is 5.19. The second-order valence-electron chi connectivity index (χ2n) is 6.90. The number of amides is 1. The van der Waals surface area contributed by atoms with Crippen molar-refractivity contribution in [2.24, 2.45) is 0 Å². The molecule has 1 amide bonds. The van der Waals surface area contributed by atoms with Crippen LogP contribution < -0.4 is 10.1 Å². The smallest absolute Gasteiger partial charge is 0.416 e. The molecule has 0 aliphatic rings. The molecule has 1 aromatic heterocycles. The maximum Gasteiger partial charge on any atom is 0.416 e. The van der Waals surface area contributed by atoms with Gasteiger partial charge in [-0.3, -0.25) is 4.79 Å². The average molecular weight is 468 g/mol. The van der Waals surface area contributed by atoms with Gasteiger partial charge in [-0.25, -0.2) is 4.68 Å². The number of aryl methyl sites for hydroxylation is 1. The van der Waals surface area contributed by atoms with Crippen LogP contribution >= 0.6 is 11.6 Å². The number of ether oxygens (including phenoxy) is 2. The largest absolute Gasteiger partial charge is 0.489 e. The first-order chi connectivity index (χ1) is 15.2. The van der Waals surface area contributed by atoms with Gasteiger partial charge in [-0.2, -0.15) is 18.3 Å². The van der Waals surface area contributed by atoms with Gasteiger partial charge in [0.05, 0.1) is 35.7 Å². The summed E-state index contributed by atoms with van der Waals surface area (Å²) in [5.41, 5.74) is 0.289. The molecule has 0 aliphatic carbocycles. The van der Waals surface area contributed by atoms with Gasteiger partial charge in [0.1, 0.15) is 17.5 Å². The molecule has 0 bridgehead atoms. The lowest BCUT2D eigenvalue weighted by Gasteiger charge is -2.15. The highest BCUT2D eigenvalue weighted by Gasteiger charge is 2.32. The van der Waals surface area contributed by atoms with Crippen LogP contribution in [0.15, 0.2) is 48.5 Å². The standard InChI is InChI=1S/C22H21ClF3N3O3/c1-14-19(20(23)29(28-14)13-15-6-4-3-5-7-15)21(30)27-17-12-16(22(24,25)26)8-9-18(17)32-11-10-31-2/h3-9,12H,10-11,13H2,1-2H3,(H,27,30). The SMILES string of the molecule is COCCOc1ccc(C(F)(F)F)cc1NC(=O)c1c(C)nn(Cc2ccccc2)c1Cl. The fourth-order valence-corrected chi connectivity index (χ4v) is 3.34. The summed E-state index contributed by atoms with van der Waals surface area (Å²) in [6.45, 7) is 2.26. The number of carbonyl (C=O) groups excluding carboxylic acids is 1. The van der Waals surface area contributed by atoms with Crippen LogP contribution in [0.4, 0.5) is 18.9 Å². The maximum absolute atomic E-state index is 13.2. The summed E-state index contributed by atoms with van der Waals surface area (Å²) in [7, 11) is 1.47. The van der Waals surface area contributed by atoms with E-state index in [0.717, 1.165) is 23.8 Å². The second kappa shape index (κ2) is 10.1. The number of halogens is 4. The molecule has 0 atom stereocenters. The molecular weight excluding hydrogens is 447 g/mol. The number of nitrogens with one attached hydrogen (secondary N) is 1. The van der Waals surface area contributed by atoms with Crippen molar-refractivity contribution in [1.82, 2.24) is 9.78 Å². The maximum atomic E-state index is 13.2. The Morgan fingerprint density at radius 1 is 1.16 bits per heavy atom. The van der Waals surface area contributed by atoms with Crippen LogP contribution in [-0.4, -0.2) is 36.0 Å². The molecule has 0 spiro atoms. The molecule has 2 aromatic carbocycles. The second-order valence-corrected chi connectivity index (χ2v) is 7.26. The number of aromatic nitrogens is 2. The molecular formula is C22H21ClF3N3O3. The average Bonchev–Trinajstić information content (AvgIpc) is 3.02. The summed E-state index contributed by atoms with van der Waals surface area (Å²) in [5, 5.41) is 6.87. The first-order valence-electron chi connectivity index (χ1n) is 9.62. The van der Waals surface area contributed by atoms with Crippen molar-refractivity contribution in [3.63, 3.8) is 0 Å². The molecule has 170 valence electrons. The van der Waals surface area contributed by atoms with Crippen LogP contribution in [-0.2, 0) is 17.5 Å². The summed E-state index contributed by atoms with van der Waals surface area (Å²) in [5.74, 6) is -0.614. The highest BCUT2D eigenvalue weighted by Crippen LogP contribution is 2.35. The number of rotatable bonds is 8. The monoisotopic (exact) mass is 467 g/mol. The Hall–Kier alpha value is -3.04. The molecule has 0 aliphatic heterocycles. The van der Waals surface area contributed by atoms with Gasteiger partial charge >= 0.3 is 6.18 Å². The van der Waals surface area contributed by atoms with Crippen LogP contribution in [0.1, 0.15) is 27.2 Å². The van der Waals surface area contributed by atoms with E-state index < -0.39 is 17.6 Å². The molecule has 10 heteroatoms. The number of carbonyl (C=O) groups is 1. The Bertz CT molecular complexity index is 1090. The van der Waals surface area contributed by atoms with Crippen molar-refractivity contribution < 1.29 is 27.4 Å². The molecule has 3 aromatic rings. The highest BCUT2D eigenvalue weighted by molar-refractivity contribution is 6.33. The van der Waals surface area contributed by atoms with Gasteiger partial charge in [-0.1, -0.05) is 41.9 Å². The van der Waals surface area contributed by atoms with Gasteiger partial charge in [0.2, 0.25) is 0 Å². The third kappa shape index (κ3) is 5.60. The van der Waals surface area contributed by atoms with Gasteiger partial charge in [-0.05, 0) is 30.7 Å². The highest BCUT2D eigenvalue weighted by atomic mass is 35.5. The lowest BCUT2D eigenvalue weighted by atomic mass is 10.1. The Morgan fingerprint density at radius 3 is 2.53 bits per heavy atom. The zero-order valence-corrected chi connectivity index (χ0v) is 18.1. The van der Waals surface area contributed by atoms with E-state index in [1.54, 1.807) is 6.92 Å². The van der Waals surface area contributed by atoms with E-state index in [-0.39, 0.29) is 35.4 Å². The fraction of sp³-hybridized carbons (Fsp3) is 0.273. The van der Waals surface area contributed by atoms with Gasteiger partial charge in [0.25, 0.3) is 5.91 Å². The van der Waals surface area contributed by atoms with Crippen molar-refractivity contribution in [1.29, 1.82) is 0 Å². The normalized spacial score (nSPS) is 11.4. The summed E-state index contributed by atoms with van der Waals surface area (Å²) in [6.07, 6.45) is -4.58. The van der Waals surface area contributed by atoms with E-state index >= 15 is 0 Å². The lowest BCUT2D eigenvalue weighted by molar-refractivity contribution is -0.137. The summed E-state index contributed by atoms with van der Waals surface area (Å²) in [6, 6.07) is 12.2. The lowest BCUT2D eigenvalue weighted by Crippen LogP contribution is -2.16. The molecule has 6 nitrogen and oxygen atoms in total. The third-order valence-corrected chi connectivity index (χ3v) is 4.95. The van der Waals surface area contributed by atoms with Crippen molar-refractivity contribution in [2.45, 2.75) is 19.6 Å². The van der Waals surface area contributed by atoms with E-state index in [2.05, 4.69) is 10.4 Å². The van der Waals surface area contributed by atoms with Crippen LogP contribution in [0.2, 0.25) is 5.15 Å². The summed E-state index contributed by atoms with van der Waals surface area (Å²) < 4.78 is 51.4. The number of anilines is 1. The Morgan fingerprint density at radius 2 is 1.88 bits per heavy atom. The van der Waals surface area contributed by atoms with Crippen LogP contribution in [0, 0.1) is 6.92 Å². The van der Waals surface area contributed by atoms with E-state index in [1.807, 2.05) is 30.3 Å². The van der Waals surface area contributed by atoms with E-state index in [1.165, 1.54) is 11.8 Å². The van der Waals surface area contributed by atoms with Crippen molar-refractivity contribution in [2.75, 3.05) is 25.6 Å². The van der Waals surface area contributed by atoms with E-state index in [4.69, 9.17) is 21.1 Å². The molecule has 0 unspecified atom stereocenters.